The summed E-state index contributed by atoms with van der Waals surface area (Å²) < 4.78 is 0. The molecule has 3 aromatic carbocycles. The zero-order chi connectivity index (χ0) is 19.3. The van der Waals surface area contributed by atoms with Crippen LogP contribution < -0.4 is 5.32 Å². The Morgan fingerprint density at radius 3 is 2.25 bits per heavy atom. The van der Waals surface area contributed by atoms with Gasteiger partial charge >= 0.3 is 0 Å². The van der Waals surface area contributed by atoms with E-state index in [0.717, 1.165) is 22.3 Å². The van der Waals surface area contributed by atoms with Crippen LogP contribution in [0.15, 0.2) is 97.3 Å². The molecule has 0 saturated heterocycles. The van der Waals surface area contributed by atoms with Gasteiger partial charge in [0.25, 0.3) is 5.91 Å². The van der Waals surface area contributed by atoms with Crippen molar-refractivity contribution in [3.8, 4) is 28.0 Å². The van der Waals surface area contributed by atoms with E-state index in [2.05, 4.69) is 10.3 Å². The summed E-state index contributed by atoms with van der Waals surface area (Å²) in [5.41, 5.74) is 4.64. The van der Waals surface area contributed by atoms with Crippen LogP contribution in [0.2, 0.25) is 0 Å². The number of aromatic hydroxyl groups is 1. The lowest BCUT2D eigenvalue weighted by atomic mass is 10.0. The van der Waals surface area contributed by atoms with E-state index in [0.29, 0.717) is 5.69 Å². The van der Waals surface area contributed by atoms with E-state index in [1.807, 2.05) is 66.7 Å². The Balaban J connectivity index is 1.56. The summed E-state index contributed by atoms with van der Waals surface area (Å²) in [6.45, 7) is 0. The van der Waals surface area contributed by atoms with Crippen molar-refractivity contribution in [1.29, 1.82) is 0 Å². The highest BCUT2D eigenvalue weighted by Gasteiger charge is 2.13. The van der Waals surface area contributed by atoms with Crippen molar-refractivity contribution >= 4 is 11.6 Å². The molecule has 0 spiro atoms. The molecule has 1 aromatic heterocycles. The standard InChI is InChI=1S/C24H18N2O2/c27-23-15-19(20-9-5-13-25-16-20)11-12-22(23)24(28)26-21-10-4-8-18(14-21)17-6-2-1-3-7-17/h1-16,27H,(H,26,28). The lowest BCUT2D eigenvalue weighted by Gasteiger charge is -2.10. The van der Waals surface area contributed by atoms with Crippen LogP contribution in [0, 0.1) is 0 Å². The van der Waals surface area contributed by atoms with Crippen LogP contribution in [-0.4, -0.2) is 16.0 Å². The Morgan fingerprint density at radius 2 is 1.50 bits per heavy atom. The quantitative estimate of drug-likeness (QED) is 0.510. The molecule has 28 heavy (non-hydrogen) atoms. The number of carbonyl (C=O) groups is 1. The van der Waals surface area contributed by atoms with Gasteiger partial charge in [-0.1, -0.05) is 54.6 Å². The van der Waals surface area contributed by atoms with Gasteiger partial charge in [-0.05, 0) is 47.0 Å². The van der Waals surface area contributed by atoms with Crippen molar-refractivity contribution in [3.05, 3.63) is 103 Å². The fraction of sp³-hybridized carbons (Fsp3) is 0. The lowest BCUT2D eigenvalue weighted by molar-refractivity contribution is 0.102. The highest BCUT2D eigenvalue weighted by atomic mass is 16.3. The van der Waals surface area contributed by atoms with Crippen LogP contribution in [0.3, 0.4) is 0 Å². The van der Waals surface area contributed by atoms with Gasteiger partial charge in [-0.3, -0.25) is 9.78 Å². The number of nitrogens with zero attached hydrogens (tertiary/aromatic N) is 1. The van der Waals surface area contributed by atoms with Gasteiger partial charge < -0.3 is 10.4 Å². The Bertz CT molecular complexity index is 1110. The highest BCUT2D eigenvalue weighted by molar-refractivity contribution is 6.06. The molecule has 0 aliphatic heterocycles. The van der Waals surface area contributed by atoms with Gasteiger partial charge in [0, 0.05) is 23.6 Å². The second kappa shape index (κ2) is 7.76. The number of hydrogen-bond donors (Lipinski definition) is 2. The molecule has 0 aliphatic rings. The number of benzene rings is 3. The van der Waals surface area contributed by atoms with Crippen LogP contribution in [-0.2, 0) is 0 Å². The number of anilines is 1. The van der Waals surface area contributed by atoms with Gasteiger partial charge in [0.2, 0.25) is 0 Å². The second-order valence-corrected chi connectivity index (χ2v) is 6.37. The van der Waals surface area contributed by atoms with Gasteiger partial charge in [-0.2, -0.15) is 0 Å². The number of rotatable bonds is 4. The van der Waals surface area contributed by atoms with Gasteiger partial charge in [0.15, 0.2) is 0 Å². The third kappa shape index (κ3) is 3.76. The van der Waals surface area contributed by atoms with Crippen molar-refractivity contribution in [2.75, 3.05) is 5.32 Å². The first-order chi connectivity index (χ1) is 13.7. The van der Waals surface area contributed by atoms with Crippen molar-refractivity contribution in [2.45, 2.75) is 0 Å². The molecular formula is C24H18N2O2. The predicted octanol–water partition coefficient (Wildman–Crippen LogP) is 5.37. The van der Waals surface area contributed by atoms with E-state index >= 15 is 0 Å². The van der Waals surface area contributed by atoms with Gasteiger partial charge in [0.05, 0.1) is 5.56 Å². The smallest absolute Gasteiger partial charge is 0.259 e. The largest absolute Gasteiger partial charge is 0.507 e. The molecular weight excluding hydrogens is 348 g/mol. The fourth-order valence-electron chi connectivity index (χ4n) is 3.04. The van der Waals surface area contributed by atoms with E-state index in [4.69, 9.17) is 0 Å². The van der Waals surface area contributed by atoms with Gasteiger partial charge in [-0.25, -0.2) is 0 Å². The SMILES string of the molecule is O=C(Nc1cccc(-c2ccccc2)c1)c1ccc(-c2cccnc2)cc1O. The van der Waals surface area contributed by atoms with Crippen LogP contribution in [0.1, 0.15) is 10.4 Å². The normalized spacial score (nSPS) is 10.4. The van der Waals surface area contributed by atoms with E-state index in [-0.39, 0.29) is 17.2 Å². The summed E-state index contributed by atoms with van der Waals surface area (Å²) in [4.78, 5) is 16.7. The molecule has 0 bridgehead atoms. The van der Waals surface area contributed by atoms with Crippen molar-refractivity contribution in [2.24, 2.45) is 0 Å². The molecule has 0 unspecified atom stereocenters. The molecule has 0 saturated carbocycles. The topological polar surface area (TPSA) is 62.2 Å². The summed E-state index contributed by atoms with van der Waals surface area (Å²) in [6.07, 6.45) is 3.40. The van der Waals surface area contributed by atoms with Crippen molar-refractivity contribution in [1.82, 2.24) is 4.98 Å². The number of phenolic OH excluding ortho intramolecular Hbond substituents is 1. The number of amides is 1. The van der Waals surface area contributed by atoms with Gasteiger partial charge in [0.1, 0.15) is 5.75 Å². The van der Waals surface area contributed by atoms with Crippen molar-refractivity contribution < 1.29 is 9.90 Å². The maximum atomic E-state index is 12.6. The van der Waals surface area contributed by atoms with Crippen LogP contribution in [0.5, 0.6) is 5.75 Å². The summed E-state index contributed by atoms with van der Waals surface area (Å²) in [7, 11) is 0. The first-order valence-electron chi connectivity index (χ1n) is 8.91. The van der Waals surface area contributed by atoms with E-state index in [9.17, 15) is 9.90 Å². The third-order valence-corrected chi connectivity index (χ3v) is 4.46. The molecule has 0 aliphatic carbocycles. The average Bonchev–Trinajstić information content (AvgIpc) is 2.75. The van der Waals surface area contributed by atoms with Gasteiger partial charge in [-0.15, -0.1) is 0 Å². The highest BCUT2D eigenvalue weighted by Crippen LogP contribution is 2.27. The monoisotopic (exact) mass is 366 g/mol. The molecule has 4 rings (SSSR count). The van der Waals surface area contributed by atoms with E-state index in [1.165, 1.54) is 0 Å². The zero-order valence-electron chi connectivity index (χ0n) is 15.0. The van der Waals surface area contributed by atoms with Crippen LogP contribution in [0.4, 0.5) is 5.69 Å². The van der Waals surface area contributed by atoms with E-state index < -0.39 is 0 Å². The number of hydrogen-bond acceptors (Lipinski definition) is 3. The Kier molecular flexibility index (Phi) is 4.85. The minimum absolute atomic E-state index is 0.0712. The molecule has 0 fully saturated rings. The molecule has 0 radical (unpaired) electrons. The lowest BCUT2D eigenvalue weighted by Crippen LogP contribution is -2.12. The Morgan fingerprint density at radius 1 is 0.750 bits per heavy atom. The second-order valence-electron chi connectivity index (χ2n) is 6.37. The first kappa shape index (κ1) is 17.5. The number of pyridine rings is 1. The van der Waals surface area contributed by atoms with E-state index in [1.54, 1.807) is 30.6 Å². The molecule has 1 heterocycles. The van der Waals surface area contributed by atoms with Crippen LogP contribution >= 0.6 is 0 Å². The first-order valence-corrected chi connectivity index (χ1v) is 8.91. The Labute approximate surface area is 163 Å². The minimum atomic E-state index is -0.361. The summed E-state index contributed by atoms with van der Waals surface area (Å²) >= 11 is 0. The summed E-state index contributed by atoms with van der Waals surface area (Å²) in [5, 5.41) is 13.2. The molecule has 4 aromatic rings. The maximum absolute atomic E-state index is 12.6. The third-order valence-electron chi connectivity index (χ3n) is 4.46. The number of carbonyl (C=O) groups excluding carboxylic acids is 1. The molecule has 0 atom stereocenters. The molecule has 4 nitrogen and oxygen atoms in total. The summed E-state index contributed by atoms with van der Waals surface area (Å²) in [5.74, 6) is -0.432. The number of aromatic nitrogens is 1. The molecule has 1 amide bonds. The molecule has 2 N–H and O–H groups in total. The maximum Gasteiger partial charge on any atom is 0.259 e. The van der Waals surface area contributed by atoms with Crippen molar-refractivity contribution in [3.63, 3.8) is 0 Å². The average molecular weight is 366 g/mol. The summed E-state index contributed by atoms with van der Waals surface area (Å²) in [6, 6.07) is 26.3. The number of nitrogens with one attached hydrogen (secondary N) is 1. The minimum Gasteiger partial charge on any atom is -0.507 e. The predicted molar refractivity (Wildman–Crippen MR) is 111 cm³/mol. The fourth-order valence-corrected chi connectivity index (χ4v) is 3.04. The molecule has 136 valence electrons. The Hall–Kier alpha value is -3.92. The zero-order valence-corrected chi connectivity index (χ0v) is 15.0. The molecule has 4 heteroatoms. The van der Waals surface area contributed by atoms with Crippen LogP contribution in [0.25, 0.3) is 22.3 Å². The number of phenols is 1.